The number of fused-ring (bicyclic) bond motifs is 9. The number of pyridine rings is 1. The zero-order valence-electron chi connectivity index (χ0n) is 26.0. The third kappa shape index (κ3) is 3.79. The normalized spacial score (nSPS) is 13.5. The van der Waals surface area contributed by atoms with Crippen LogP contribution in [0.4, 0.5) is 0 Å². The maximum atomic E-state index is 4.75. The van der Waals surface area contributed by atoms with E-state index in [1.165, 1.54) is 70.1 Å². The SMILES string of the molecule is CC1(C)c2ccccc2-c2ccc(-c3cn4c(-c5ccc(-c6cccc7c6sc6ccccc67)cc5)nnc4c4ccccc34)cc21. The van der Waals surface area contributed by atoms with Crippen molar-refractivity contribution in [1.29, 1.82) is 0 Å². The highest BCUT2D eigenvalue weighted by molar-refractivity contribution is 7.26. The van der Waals surface area contributed by atoms with Gasteiger partial charge in [0, 0.05) is 48.3 Å². The van der Waals surface area contributed by atoms with Crippen LogP contribution in [0.3, 0.4) is 0 Å². The van der Waals surface area contributed by atoms with E-state index in [0.29, 0.717) is 0 Å². The van der Waals surface area contributed by atoms with Crippen LogP contribution in [0, 0.1) is 0 Å². The van der Waals surface area contributed by atoms with Gasteiger partial charge in [-0.05, 0) is 56.5 Å². The number of hydrogen-bond acceptors (Lipinski definition) is 3. The van der Waals surface area contributed by atoms with Crippen molar-refractivity contribution in [3.8, 4) is 44.8 Å². The van der Waals surface area contributed by atoms with Gasteiger partial charge in [0.2, 0.25) is 0 Å². The lowest BCUT2D eigenvalue weighted by Crippen LogP contribution is -2.14. The van der Waals surface area contributed by atoms with Gasteiger partial charge in [0.15, 0.2) is 11.5 Å². The average Bonchev–Trinajstić information content (AvgIpc) is 3.79. The van der Waals surface area contributed by atoms with Crippen molar-refractivity contribution in [2.45, 2.75) is 19.3 Å². The minimum atomic E-state index is -0.0640. The Morgan fingerprint density at radius 3 is 2.04 bits per heavy atom. The van der Waals surface area contributed by atoms with Crippen molar-refractivity contribution < 1.29 is 0 Å². The van der Waals surface area contributed by atoms with Crippen LogP contribution >= 0.6 is 11.3 Å². The van der Waals surface area contributed by atoms with E-state index in [1.807, 2.05) is 11.3 Å². The Hall–Kier alpha value is -5.58. The zero-order valence-corrected chi connectivity index (χ0v) is 26.8. The summed E-state index contributed by atoms with van der Waals surface area (Å²) in [5, 5.41) is 14.4. The van der Waals surface area contributed by atoms with E-state index < -0.39 is 0 Å². The highest BCUT2D eigenvalue weighted by Gasteiger charge is 2.35. The number of benzene rings is 6. The zero-order chi connectivity index (χ0) is 31.3. The van der Waals surface area contributed by atoms with Crippen molar-refractivity contribution in [3.63, 3.8) is 0 Å². The summed E-state index contributed by atoms with van der Waals surface area (Å²) in [6.07, 6.45) is 2.23. The van der Waals surface area contributed by atoms with Crippen molar-refractivity contribution in [2.24, 2.45) is 0 Å². The quantitative estimate of drug-likeness (QED) is 0.197. The number of thiophene rings is 1. The second-order valence-corrected chi connectivity index (χ2v) is 14.1. The summed E-state index contributed by atoms with van der Waals surface area (Å²) >= 11 is 1.86. The van der Waals surface area contributed by atoms with E-state index in [0.717, 1.165) is 22.4 Å². The van der Waals surface area contributed by atoms with Gasteiger partial charge in [-0.15, -0.1) is 21.5 Å². The predicted octanol–water partition coefficient (Wildman–Crippen LogP) is 11.6. The fourth-order valence-corrected chi connectivity index (χ4v) is 9.02. The average molecular weight is 620 g/mol. The highest BCUT2D eigenvalue weighted by atomic mass is 32.1. The molecule has 3 aromatic heterocycles. The molecule has 0 unspecified atom stereocenters. The van der Waals surface area contributed by atoms with Gasteiger partial charge in [0.25, 0.3) is 0 Å². The van der Waals surface area contributed by atoms with Crippen LogP contribution < -0.4 is 0 Å². The number of nitrogens with zero attached hydrogens (tertiary/aromatic N) is 3. The molecule has 222 valence electrons. The van der Waals surface area contributed by atoms with Gasteiger partial charge in [-0.1, -0.05) is 135 Å². The van der Waals surface area contributed by atoms with E-state index >= 15 is 0 Å². The number of rotatable bonds is 3. The van der Waals surface area contributed by atoms with Crippen LogP contribution in [-0.4, -0.2) is 14.6 Å². The van der Waals surface area contributed by atoms with Crippen LogP contribution in [0.2, 0.25) is 0 Å². The van der Waals surface area contributed by atoms with Gasteiger partial charge < -0.3 is 0 Å². The Labute approximate surface area is 276 Å². The third-order valence-electron chi connectivity index (χ3n) is 10.2. The number of hydrogen-bond donors (Lipinski definition) is 0. The molecule has 0 saturated heterocycles. The van der Waals surface area contributed by atoms with Gasteiger partial charge in [-0.2, -0.15) is 0 Å². The molecule has 3 nitrogen and oxygen atoms in total. The summed E-state index contributed by atoms with van der Waals surface area (Å²) in [5.41, 5.74) is 12.1. The van der Waals surface area contributed by atoms with Crippen LogP contribution in [0.25, 0.3) is 81.4 Å². The lowest BCUT2D eigenvalue weighted by atomic mass is 9.81. The van der Waals surface area contributed by atoms with Gasteiger partial charge in [-0.25, -0.2) is 0 Å². The molecule has 10 rings (SSSR count). The van der Waals surface area contributed by atoms with Gasteiger partial charge in [0.1, 0.15) is 0 Å². The van der Waals surface area contributed by atoms with E-state index in [1.54, 1.807) is 0 Å². The minimum Gasteiger partial charge on any atom is -0.281 e. The molecule has 0 spiro atoms. The largest absolute Gasteiger partial charge is 0.281 e. The summed E-state index contributed by atoms with van der Waals surface area (Å²) in [6, 6.07) is 48.5. The fourth-order valence-electron chi connectivity index (χ4n) is 7.78. The minimum absolute atomic E-state index is 0.0640. The second kappa shape index (κ2) is 9.71. The van der Waals surface area contributed by atoms with Crippen molar-refractivity contribution in [3.05, 3.63) is 151 Å². The first-order valence-electron chi connectivity index (χ1n) is 16.1. The molecule has 0 fully saturated rings. The Balaban J connectivity index is 1.11. The molecule has 0 bridgehead atoms. The molecular formula is C43H29N3S. The predicted molar refractivity (Wildman–Crippen MR) is 197 cm³/mol. The molecule has 3 heterocycles. The molecule has 0 amide bonds. The lowest BCUT2D eigenvalue weighted by Gasteiger charge is -2.22. The van der Waals surface area contributed by atoms with Crippen LogP contribution in [0.15, 0.2) is 140 Å². The number of aromatic nitrogens is 3. The molecule has 9 aromatic rings. The fraction of sp³-hybridized carbons (Fsp3) is 0.0698. The van der Waals surface area contributed by atoms with E-state index in [-0.39, 0.29) is 5.41 Å². The molecule has 0 radical (unpaired) electrons. The summed E-state index contributed by atoms with van der Waals surface area (Å²) in [6.45, 7) is 4.68. The first-order chi connectivity index (χ1) is 23.1. The molecule has 0 N–H and O–H groups in total. The van der Waals surface area contributed by atoms with E-state index in [2.05, 4.69) is 158 Å². The summed E-state index contributed by atoms with van der Waals surface area (Å²) < 4.78 is 4.82. The van der Waals surface area contributed by atoms with E-state index in [9.17, 15) is 0 Å². The van der Waals surface area contributed by atoms with Crippen LogP contribution in [-0.2, 0) is 5.41 Å². The Morgan fingerprint density at radius 2 is 1.17 bits per heavy atom. The van der Waals surface area contributed by atoms with Crippen LogP contribution in [0.1, 0.15) is 25.0 Å². The molecule has 0 saturated carbocycles. The van der Waals surface area contributed by atoms with Gasteiger partial charge in [-0.3, -0.25) is 4.40 Å². The molecule has 47 heavy (non-hydrogen) atoms. The topological polar surface area (TPSA) is 30.2 Å². The monoisotopic (exact) mass is 619 g/mol. The summed E-state index contributed by atoms with van der Waals surface area (Å²) in [5.74, 6) is 0.840. The lowest BCUT2D eigenvalue weighted by molar-refractivity contribution is 0.660. The molecule has 0 aliphatic heterocycles. The Morgan fingerprint density at radius 1 is 0.511 bits per heavy atom. The smallest absolute Gasteiger partial charge is 0.169 e. The van der Waals surface area contributed by atoms with E-state index in [4.69, 9.17) is 10.2 Å². The molecule has 1 aliphatic rings. The summed E-state index contributed by atoms with van der Waals surface area (Å²) in [4.78, 5) is 0. The first-order valence-corrected chi connectivity index (χ1v) is 16.9. The standard InChI is InChI=1S/C43H29N3S/c1-43(2)37-16-7-5-11-31(37)32-23-22-28(24-38(32)43)36-25-46-41(44-45-42(46)35-13-4-3-10-30(35)36)27-20-18-26(19-21-27)29-14-9-15-34-33-12-6-8-17-39(33)47-40(29)34/h3-25H,1-2H3. The molecule has 6 aromatic carbocycles. The highest BCUT2D eigenvalue weighted by Crippen LogP contribution is 2.50. The van der Waals surface area contributed by atoms with Gasteiger partial charge in [0.05, 0.1) is 0 Å². The first kappa shape index (κ1) is 26.6. The second-order valence-electron chi connectivity index (χ2n) is 13.1. The molecular weight excluding hydrogens is 591 g/mol. The van der Waals surface area contributed by atoms with Crippen molar-refractivity contribution >= 4 is 47.9 Å². The maximum Gasteiger partial charge on any atom is 0.169 e. The molecule has 1 aliphatic carbocycles. The Kier molecular flexibility index (Phi) is 5.50. The van der Waals surface area contributed by atoms with Gasteiger partial charge >= 0.3 is 0 Å². The van der Waals surface area contributed by atoms with Crippen LogP contribution in [0.5, 0.6) is 0 Å². The summed E-state index contributed by atoms with van der Waals surface area (Å²) in [7, 11) is 0. The van der Waals surface area contributed by atoms with Crippen molar-refractivity contribution in [1.82, 2.24) is 14.6 Å². The Bertz CT molecular complexity index is 2710. The molecule has 0 atom stereocenters. The molecule has 4 heteroatoms. The third-order valence-corrected chi connectivity index (χ3v) is 11.4. The maximum absolute atomic E-state index is 4.75. The van der Waals surface area contributed by atoms with Crippen molar-refractivity contribution in [2.75, 3.05) is 0 Å².